The summed E-state index contributed by atoms with van der Waals surface area (Å²) in [7, 11) is 2.04. The van der Waals surface area contributed by atoms with Gasteiger partial charge in [0.05, 0.1) is 12.0 Å². The molecular formula is C8H15Cl2N3. The van der Waals surface area contributed by atoms with Crippen LogP contribution in [0.3, 0.4) is 0 Å². The highest BCUT2D eigenvalue weighted by atomic mass is 35.5. The van der Waals surface area contributed by atoms with E-state index in [2.05, 4.69) is 14.9 Å². The van der Waals surface area contributed by atoms with E-state index < -0.39 is 0 Å². The highest BCUT2D eigenvalue weighted by Gasteiger charge is 2.17. The molecule has 1 aliphatic rings. The quantitative estimate of drug-likeness (QED) is 0.786. The molecule has 1 aromatic heterocycles. The number of nitrogens with one attached hydrogen (secondary N) is 1. The molecule has 1 fully saturated rings. The highest BCUT2D eigenvalue weighted by molar-refractivity contribution is 5.85. The zero-order chi connectivity index (χ0) is 7.68. The molecule has 1 saturated heterocycles. The first kappa shape index (κ1) is 12.8. The average molecular weight is 224 g/mol. The number of rotatable bonds is 1. The third kappa shape index (κ3) is 2.59. The van der Waals surface area contributed by atoms with Gasteiger partial charge in [0.15, 0.2) is 0 Å². The number of imidazole rings is 1. The first-order valence-corrected chi connectivity index (χ1v) is 4.07. The maximum atomic E-state index is 4.09. The lowest BCUT2D eigenvalue weighted by molar-refractivity contribution is 0.599. The van der Waals surface area contributed by atoms with Crippen molar-refractivity contribution in [3.05, 3.63) is 18.2 Å². The molecule has 0 aliphatic carbocycles. The minimum absolute atomic E-state index is 0. The van der Waals surface area contributed by atoms with Crippen molar-refractivity contribution in [1.29, 1.82) is 0 Å². The van der Waals surface area contributed by atoms with E-state index in [4.69, 9.17) is 0 Å². The lowest BCUT2D eigenvalue weighted by Gasteiger charge is -2.09. The first-order chi connectivity index (χ1) is 5.38. The van der Waals surface area contributed by atoms with Gasteiger partial charge < -0.3 is 9.88 Å². The Kier molecular flexibility index (Phi) is 5.37. The van der Waals surface area contributed by atoms with Gasteiger partial charge in [-0.2, -0.15) is 0 Å². The van der Waals surface area contributed by atoms with E-state index >= 15 is 0 Å². The third-order valence-electron chi connectivity index (χ3n) is 2.27. The third-order valence-corrected chi connectivity index (χ3v) is 2.27. The van der Waals surface area contributed by atoms with E-state index in [1.165, 1.54) is 18.5 Å². The van der Waals surface area contributed by atoms with Gasteiger partial charge in [-0.1, -0.05) is 0 Å². The molecule has 0 spiro atoms. The van der Waals surface area contributed by atoms with Gasteiger partial charge in [0.1, 0.15) is 0 Å². The van der Waals surface area contributed by atoms with E-state index in [0.717, 1.165) is 6.54 Å². The van der Waals surface area contributed by atoms with Crippen LogP contribution < -0.4 is 5.32 Å². The highest BCUT2D eigenvalue weighted by Crippen LogP contribution is 2.21. The van der Waals surface area contributed by atoms with Gasteiger partial charge in [-0.3, -0.25) is 0 Å². The maximum Gasteiger partial charge on any atom is 0.0946 e. The molecule has 1 atom stereocenters. The van der Waals surface area contributed by atoms with Crippen LogP contribution in [0.1, 0.15) is 24.6 Å². The normalized spacial score (nSPS) is 20.5. The summed E-state index contributed by atoms with van der Waals surface area (Å²) in [6, 6.07) is 0.544. The van der Waals surface area contributed by atoms with Crippen molar-refractivity contribution in [2.75, 3.05) is 6.54 Å². The lowest BCUT2D eigenvalue weighted by Crippen LogP contribution is -2.15. The number of aryl methyl sites for hydroxylation is 1. The molecule has 1 unspecified atom stereocenters. The molecule has 13 heavy (non-hydrogen) atoms. The second kappa shape index (κ2) is 5.47. The van der Waals surface area contributed by atoms with Crippen LogP contribution in [0.15, 0.2) is 12.5 Å². The van der Waals surface area contributed by atoms with Gasteiger partial charge >= 0.3 is 0 Å². The van der Waals surface area contributed by atoms with Crippen LogP contribution in [-0.4, -0.2) is 16.1 Å². The Morgan fingerprint density at radius 2 is 2.31 bits per heavy atom. The molecule has 2 rings (SSSR count). The Hall–Kier alpha value is -0.250. The zero-order valence-corrected chi connectivity index (χ0v) is 9.20. The topological polar surface area (TPSA) is 29.9 Å². The van der Waals surface area contributed by atoms with Crippen LogP contribution in [0.2, 0.25) is 0 Å². The van der Waals surface area contributed by atoms with Gasteiger partial charge in [-0.25, -0.2) is 4.98 Å². The van der Waals surface area contributed by atoms with E-state index in [9.17, 15) is 0 Å². The monoisotopic (exact) mass is 223 g/mol. The average Bonchev–Trinajstić information content (AvgIpc) is 2.55. The Morgan fingerprint density at radius 3 is 2.77 bits per heavy atom. The van der Waals surface area contributed by atoms with E-state index in [-0.39, 0.29) is 24.8 Å². The molecular weight excluding hydrogens is 209 g/mol. The van der Waals surface area contributed by atoms with Crippen LogP contribution in [0.4, 0.5) is 0 Å². The van der Waals surface area contributed by atoms with Crippen molar-refractivity contribution >= 4 is 24.8 Å². The van der Waals surface area contributed by atoms with E-state index in [1.54, 1.807) is 0 Å². The van der Waals surface area contributed by atoms with E-state index in [1.807, 2.05) is 19.6 Å². The Balaban J connectivity index is 0.000000720. The van der Waals surface area contributed by atoms with Crippen molar-refractivity contribution < 1.29 is 0 Å². The number of aromatic nitrogens is 2. The molecule has 3 nitrogen and oxygen atoms in total. The zero-order valence-electron chi connectivity index (χ0n) is 7.56. The summed E-state index contributed by atoms with van der Waals surface area (Å²) in [5.41, 5.74) is 1.31. The minimum Gasteiger partial charge on any atom is -0.336 e. The number of halogens is 2. The predicted octanol–water partition coefficient (Wildman–Crippen LogP) is 1.69. The standard InChI is InChI=1S/C8H13N3.2ClH/c1-11-6-9-5-8(11)7-3-2-4-10-7;;/h5-7,10H,2-4H2,1H3;2*1H. The molecule has 76 valence electrons. The summed E-state index contributed by atoms with van der Waals surface area (Å²) in [5.74, 6) is 0. The smallest absolute Gasteiger partial charge is 0.0946 e. The molecule has 0 amide bonds. The molecule has 0 saturated carbocycles. The van der Waals surface area contributed by atoms with Gasteiger partial charge in [0.25, 0.3) is 0 Å². The number of nitrogens with zero attached hydrogens (tertiary/aromatic N) is 2. The summed E-state index contributed by atoms with van der Waals surface area (Å²) in [4.78, 5) is 4.09. The largest absolute Gasteiger partial charge is 0.336 e. The fourth-order valence-corrected chi connectivity index (χ4v) is 1.64. The SMILES string of the molecule is Cl.Cl.Cn1cncc1C1CCCN1. The summed E-state index contributed by atoms with van der Waals surface area (Å²) in [5, 5.41) is 3.44. The first-order valence-electron chi connectivity index (χ1n) is 4.07. The van der Waals surface area contributed by atoms with Gasteiger partial charge in [0, 0.05) is 19.3 Å². The second-order valence-electron chi connectivity index (χ2n) is 3.08. The van der Waals surface area contributed by atoms with Crippen molar-refractivity contribution in [1.82, 2.24) is 14.9 Å². The van der Waals surface area contributed by atoms with Gasteiger partial charge in [0.2, 0.25) is 0 Å². The van der Waals surface area contributed by atoms with Crippen molar-refractivity contribution in [2.45, 2.75) is 18.9 Å². The van der Waals surface area contributed by atoms with E-state index in [0.29, 0.717) is 6.04 Å². The Labute approximate surface area is 90.7 Å². The molecule has 5 heteroatoms. The summed E-state index contributed by atoms with van der Waals surface area (Å²) >= 11 is 0. The van der Waals surface area contributed by atoms with Crippen LogP contribution in [-0.2, 0) is 7.05 Å². The maximum absolute atomic E-state index is 4.09. The lowest BCUT2D eigenvalue weighted by atomic mass is 10.2. The molecule has 2 heterocycles. The predicted molar refractivity (Wildman–Crippen MR) is 57.7 cm³/mol. The molecule has 1 N–H and O–H groups in total. The summed E-state index contributed by atoms with van der Waals surface area (Å²) in [6.45, 7) is 1.15. The molecule has 1 aromatic rings. The molecule has 0 bridgehead atoms. The van der Waals surface area contributed by atoms with Gasteiger partial charge in [-0.05, 0) is 19.4 Å². The van der Waals surface area contributed by atoms with Crippen molar-refractivity contribution in [2.24, 2.45) is 7.05 Å². The summed E-state index contributed by atoms with van der Waals surface area (Å²) in [6.07, 6.45) is 6.34. The summed E-state index contributed by atoms with van der Waals surface area (Å²) < 4.78 is 2.09. The Bertz CT molecular complexity index is 243. The van der Waals surface area contributed by atoms with Crippen LogP contribution in [0.5, 0.6) is 0 Å². The van der Waals surface area contributed by atoms with Crippen LogP contribution in [0, 0.1) is 0 Å². The number of hydrogen-bond donors (Lipinski definition) is 1. The Morgan fingerprint density at radius 1 is 1.54 bits per heavy atom. The number of hydrogen-bond acceptors (Lipinski definition) is 2. The fourth-order valence-electron chi connectivity index (χ4n) is 1.64. The van der Waals surface area contributed by atoms with Crippen molar-refractivity contribution in [3.63, 3.8) is 0 Å². The second-order valence-corrected chi connectivity index (χ2v) is 3.08. The van der Waals surface area contributed by atoms with Crippen LogP contribution in [0.25, 0.3) is 0 Å². The molecule has 1 aliphatic heterocycles. The van der Waals surface area contributed by atoms with Crippen LogP contribution >= 0.6 is 24.8 Å². The van der Waals surface area contributed by atoms with Gasteiger partial charge in [-0.15, -0.1) is 24.8 Å². The fraction of sp³-hybridized carbons (Fsp3) is 0.625. The van der Waals surface area contributed by atoms with Crippen molar-refractivity contribution in [3.8, 4) is 0 Å². The minimum atomic E-state index is 0. The molecule has 0 aromatic carbocycles. The molecule has 0 radical (unpaired) electrons.